The van der Waals surface area contributed by atoms with Gasteiger partial charge >= 0.3 is 5.97 Å². The Balaban J connectivity index is 2.36. The van der Waals surface area contributed by atoms with E-state index < -0.39 is 0 Å². The second-order valence-electron chi connectivity index (χ2n) is 3.44. The van der Waals surface area contributed by atoms with Crippen molar-refractivity contribution in [1.29, 1.82) is 0 Å². The van der Waals surface area contributed by atoms with Crippen molar-refractivity contribution in [3.8, 4) is 0 Å². The van der Waals surface area contributed by atoms with Crippen LogP contribution in [0.5, 0.6) is 0 Å². The van der Waals surface area contributed by atoms with Gasteiger partial charge in [0.15, 0.2) is 0 Å². The molecule has 0 unspecified atom stereocenters. The van der Waals surface area contributed by atoms with Gasteiger partial charge in [-0.25, -0.2) is 0 Å². The van der Waals surface area contributed by atoms with Crippen LogP contribution in [0, 0.1) is 0 Å². The minimum absolute atomic E-state index is 0.203. The maximum Gasteiger partial charge on any atom is 0.302 e. The van der Waals surface area contributed by atoms with Gasteiger partial charge in [-0.1, -0.05) is 37.3 Å². The van der Waals surface area contributed by atoms with Gasteiger partial charge in [-0.3, -0.25) is 4.79 Å². The van der Waals surface area contributed by atoms with Crippen molar-refractivity contribution >= 4 is 5.97 Å². The molecule has 0 bridgehead atoms. The highest BCUT2D eigenvalue weighted by Gasteiger charge is 2.04. The summed E-state index contributed by atoms with van der Waals surface area (Å²) in [6.45, 7) is 4.08. The average molecular weight is 192 g/mol. The monoisotopic (exact) mass is 192 g/mol. The van der Waals surface area contributed by atoms with Gasteiger partial charge in [0.25, 0.3) is 0 Å². The molecule has 1 aromatic rings. The molecule has 0 aromatic heterocycles. The van der Waals surface area contributed by atoms with Crippen molar-refractivity contribution < 1.29 is 9.53 Å². The summed E-state index contributed by atoms with van der Waals surface area (Å²) in [6, 6.07) is 10.2. The first-order valence-electron chi connectivity index (χ1n) is 4.88. The lowest BCUT2D eigenvalue weighted by molar-refractivity contribution is -0.141. The first-order chi connectivity index (χ1) is 6.70. The van der Waals surface area contributed by atoms with Gasteiger partial charge in [0, 0.05) is 6.92 Å². The fourth-order valence-corrected chi connectivity index (χ4v) is 1.33. The predicted octanol–water partition coefficient (Wildman–Crippen LogP) is 2.74. The maximum atomic E-state index is 10.5. The van der Waals surface area contributed by atoms with E-state index in [1.807, 2.05) is 18.2 Å². The van der Waals surface area contributed by atoms with Gasteiger partial charge in [-0.15, -0.1) is 0 Å². The standard InChI is InChI=1S/C12H16O2/c1-10(8-9-14-11(2)13)12-6-4-3-5-7-12/h3-7,10H,8-9H2,1-2H3/t10-/m0/s1. The van der Waals surface area contributed by atoms with Crippen LogP contribution in [0.15, 0.2) is 30.3 Å². The van der Waals surface area contributed by atoms with Crippen LogP contribution in [0.4, 0.5) is 0 Å². The summed E-state index contributed by atoms with van der Waals surface area (Å²) < 4.78 is 4.90. The Morgan fingerprint density at radius 1 is 1.36 bits per heavy atom. The van der Waals surface area contributed by atoms with Crippen LogP contribution in [-0.4, -0.2) is 12.6 Å². The number of rotatable bonds is 4. The van der Waals surface area contributed by atoms with Crippen LogP contribution in [0.1, 0.15) is 31.7 Å². The van der Waals surface area contributed by atoms with Gasteiger partial charge in [0.05, 0.1) is 6.61 Å². The molecule has 0 amide bonds. The van der Waals surface area contributed by atoms with Crippen molar-refractivity contribution in [2.24, 2.45) is 0 Å². The van der Waals surface area contributed by atoms with Crippen molar-refractivity contribution in [2.75, 3.05) is 6.61 Å². The molecule has 0 saturated carbocycles. The van der Waals surface area contributed by atoms with Crippen LogP contribution in [0.25, 0.3) is 0 Å². The number of carbonyl (C=O) groups is 1. The Hall–Kier alpha value is -1.31. The van der Waals surface area contributed by atoms with Gasteiger partial charge in [-0.2, -0.15) is 0 Å². The van der Waals surface area contributed by atoms with Crippen LogP contribution < -0.4 is 0 Å². The molecule has 0 fully saturated rings. The molecule has 0 spiro atoms. The molecular weight excluding hydrogens is 176 g/mol. The molecule has 0 aliphatic carbocycles. The highest BCUT2D eigenvalue weighted by atomic mass is 16.5. The quantitative estimate of drug-likeness (QED) is 0.686. The third-order valence-electron chi connectivity index (χ3n) is 2.22. The van der Waals surface area contributed by atoms with E-state index in [1.54, 1.807) is 0 Å². The van der Waals surface area contributed by atoms with E-state index in [0.29, 0.717) is 12.5 Å². The molecule has 0 radical (unpaired) electrons. The molecule has 1 atom stereocenters. The molecule has 0 N–H and O–H groups in total. The zero-order valence-corrected chi connectivity index (χ0v) is 8.69. The Bertz CT molecular complexity index is 280. The minimum Gasteiger partial charge on any atom is -0.466 e. The number of esters is 1. The first kappa shape index (κ1) is 10.8. The summed E-state index contributed by atoms with van der Waals surface area (Å²) in [7, 11) is 0. The van der Waals surface area contributed by atoms with Crippen molar-refractivity contribution in [2.45, 2.75) is 26.2 Å². The molecule has 2 heteroatoms. The Labute approximate surface area is 84.9 Å². The lowest BCUT2D eigenvalue weighted by Crippen LogP contribution is -2.04. The summed E-state index contributed by atoms with van der Waals surface area (Å²) in [5, 5.41) is 0. The Kier molecular flexibility index (Phi) is 4.17. The van der Waals surface area contributed by atoms with E-state index in [1.165, 1.54) is 12.5 Å². The van der Waals surface area contributed by atoms with E-state index in [-0.39, 0.29) is 5.97 Å². The van der Waals surface area contributed by atoms with E-state index in [9.17, 15) is 4.79 Å². The summed E-state index contributed by atoms with van der Waals surface area (Å²) in [5.74, 6) is 0.237. The van der Waals surface area contributed by atoms with Crippen molar-refractivity contribution in [3.05, 3.63) is 35.9 Å². The van der Waals surface area contributed by atoms with Gasteiger partial charge < -0.3 is 4.74 Å². The third kappa shape index (κ3) is 3.60. The molecular formula is C12H16O2. The second kappa shape index (κ2) is 5.43. The lowest BCUT2D eigenvalue weighted by atomic mass is 9.98. The fourth-order valence-electron chi connectivity index (χ4n) is 1.33. The zero-order valence-electron chi connectivity index (χ0n) is 8.69. The van der Waals surface area contributed by atoms with E-state index in [2.05, 4.69) is 19.1 Å². The zero-order chi connectivity index (χ0) is 10.4. The molecule has 1 aromatic carbocycles. The summed E-state index contributed by atoms with van der Waals surface area (Å²) in [5.41, 5.74) is 1.29. The van der Waals surface area contributed by atoms with Crippen molar-refractivity contribution in [3.63, 3.8) is 0 Å². The Morgan fingerprint density at radius 2 is 2.00 bits per heavy atom. The van der Waals surface area contributed by atoms with E-state index in [4.69, 9.17) is 4.74 Å². The highest BCUT2D eigenvalue weighted by molar-refractivity contribution is 5.65. The molecule has 2 nitrogen and oxygen atoms in total. The largest absolute Gasteiger partial charge is 0.466 e. The number of benzene rings is 1. The summed E-state index contributed by atoms with van der Waals surface area (Å²) in [4.78, 5) is 10.5. The predicted molar refractivity (Wildman–Crippen MR) is 56.1 cm³/mol. The first-order valence-corrected chi connectivity index (χ1v) is 4.88. The van der Waals surface area contributed by atoms with Crippen molar-refractivity contribution in [1.82, 2.24) is 0 Å². The van der Waals surface area contributed by atoms with E-state index in [0.717, 1.165) is 6.42 Å². The molecule has 1 rings (SSSR count). The van der Waals surface area contributed by atoms with Gasteiger partial charge in [0.2, 0.25) is 0 Å². The second-order valence-corrected chi connectivity index (χ2v) is 3.44. The SMILES string of the molecule is CC(=O)OCC[C@H](C)c1ccccc1. The number of carbonyl (C=O) groups excluding carboxylic acids is 1. The molecule has 0 aliphatic heterocycles. The number of hydrogen-bond donors (Lipinski definition) is 0. The molecule has 0 heterocycles. The van der Waals surface area contributed by atoms with E-state index >= 15 is 0 Å². The summed E-state index contributed by atoms with van der Waals surface area (Å²) >= 11 is 0. The topological polar surface area (TPSA) is 26.3 Å². The number of ether oxygens (including phenoxy) is 1. The third-order valence-corrected chi connectivity index (χ3v) is 2.22. The van der Waals surface area contributed by atoms with Crippen LogP contribution in [0.3, 0.4) is 0 Å². The minimum atomic E-state index is -0.203. The van der Waals surface area contributed by atoms with Crippen LogP contribution in [-0.2, 0) is 9.53 Å². The number of hydrogen-bond acceptors (Lipinski definition) is 2. The normalized spacial score (nSPS) is 12.1. The Morgan fingerprint density at radius 3 is 2.57 bits per heavy atom. The van der Waals surface area contributed by atoms with Crippen LogP contribution >= 0.6 is 0 Å². The molecule has 0 saturated heterocycles. The van der Waals surface area contributed by atoms with Gasteiger partial charge in [0.1, 0.15) is 0 Å². The maximum absolute atomic E-state index is 10.5. The molecule has 76 valence electrons. The van der Waals surface area contributed by atoms with Crippen LogP contribution in [0.2, 0.25) is 0 Å². The molecule has 0 aliphatic rings. The fraction of sp³-hybridized carbons (Fsp3) is 0.417. The lowest BCUT2D eigenvalue weighted by Gasteiger charge is -2.11. The highest BCUT2D eigenvalue weighted by Crippen LogP contribution is 2.17. The summed E-state index contributed by atoms with van der Waals surface area (Å²) in [6.07, 6.45) is 0.879. The average Bonchev–Trinajstić information content (AvgIpc) is 2.18. The molecule has 14 heavy (non-hydrogen) atoms. The van der Waals surface area contributed by atoms with Gasteiger partial charge in [-0.05, 0) is 17.9 Å². The smallest absolute Gasteiger partial charge is 0.302 e.